The summed E-state index contributed by atoms with van der Waals surface area (Å²) < 4.78 is 11.1. The van der Waals surface area contributed by atoms with Crippen molar-refractivity contribution in [3.63, 3.8) is 0 Å². The molecule has 2 N–H and O–H groups in total. The van der Waals surface area contributed by atoms with E-state index in [1.54, 1.807) is 34.9 Å². The lowest BCUT2D eigenvalue weighted by Crippen LogP contribution is -2.38. The molecule has 1 saturated heterocycles. The molecule has 1 aliphatic heterocycles. The van der Waals surface area contributed by atoms with Crippen LogP contribution in [-0.2, 0) is 4.74 Å². The standard InChI is InChI=1S/C19H22IN3O3/c1-13-12-14(26-11-8-23-6-9-25-10-7-23)2-3-15(13)18-17(21)16(19(20)24)4-5-22-18/h2-5,12H,6-11,21H2,1H3. The smallest absolute Gasteiger partial charge is 0.224 e. The summed E-state index contributed by atoms with van der Waals surface area (Å²) in [6, 6.07) is 7.49. The number of halogens is 1. The molecule has 0 spiro atoms. The number of benzene rings is 1. The van der Waals surface area contributed by atoms with Crippen LogP contribution < -0.4 is 10.5 Å². The van der Waals surface area contributed by atoms with Crippen LogP contribution in [0.5, 0.6) is 5.75 Å². The number of pyridine rings is 1. The van der Waals surface area contributed by atoms with Crippen molar-refractivity contribution < 1.29 is 14.3 Å². The minimum absolute atomic E-state index is 0.0931. The van der Waals surface area contributed by atoms with Gasteiger partial charge < -0.3 is 15.2 Å². The molecule has 2 heterocycles. The number of rotatable bonds is 6. The highest BCUT2D eigenvalue weighted by atomic mass is 127. The Morgan fingerprint density at radius 2 is 2.12 bits per heavy atom. The Balaban J connectivity index is 1.70. The molecule has 7 heteroatoms. The molecule has 0 saturated carbocycles. The van der Waals surface area contributed by atoms with Gasteiger partial charge in [-0.2, -0.15) is 0 Å². The molecule has 1 fully saturated rings. The van der Waals surface area contributed by atoms with Crippen LogP contribution in [0.4, 0.5) is 5.69 Å². The number of morpholine rings is 1. The first-order valence-corrected chi connectivity index (χ1v) is 9.62. The minimum atomic E-state index is -0.0931. The summed E-state index contributed by atoms with van der Waals surface area (Å²) in [5, 5.41) is 0. The summed E-state index contributed by atoms with van der Waals surface area (Å²) in [5.41, 5.74) is 9.59. The molecule has 1 aromatic heterocycles. The van der Waals surface area contributed by atoms with Gasteiger partial charge in [0.25, 0.3) is 0 Å². The molecular formula is C19H22IN3O3. The number of nitrogen functional groups attached to an aromatic ring is 1. The minimum Gasteiger partial charge on any atom is -0.492 e. The van der Waals surface area contributed by atoms with E-state index in [2.05, 4.69) is 9.88 Å². The molecule has 0 amide bonds. The molecular weight excluding hydrogens is 445 g/mol. The predicted molar refractivity (Wildman–Crippen MR) is 110 cm³/mol. The van der Waals surface area contributed by atoms with Gasteiger partial charge in [-0.05, 0) is 36.8 Å². The van der Waals surface area contributed by atoms with Crippen LogP contribution in [0.25, 0.3) is 11.3 Å². The maximum Gasteiger partial charge on any atom is 0.224 e. The summed E-state index contributed by atoms with van der Waals surface area (Å²) in [6.45, 7) is 7.01. The molecule has 0 radical (unpaired) electrons. The topological polar surface area (TPSA) is 77.7 Å². The van der Waals surface area contributed by atoms with Gasteiger partial charge in [0, 0.05) is 54.0 Å². The Hall–Kier alpha value is -1.71. The van der Waals surface area contributed by atoms with Crippen molar-refractivity contribution in [2.45, 2.75) is 6.92 Å². The molecule has 6 nitrogen and oxygen atoms in total. The largest absolute Gasteiger partial charge is 0.492 e. The second kappa shape index (κ2) is 8.79. The Morgan fingerprint density at radius 1 is 1.35 bits per heavy atom. The summed E-state index contributed by atoms with van der Waals surface area (Å²) in [5.74, 6) is 0.819. The number of hydrogen-bond donors (Lipinski definition) is 1. The number of hydrogen-bond acceptors (Lipinski definition) is 6. The van der Waals surface area contributed by atoms with Gasteiger partial charge in [-0.15, -0.1) is 0 Å². The number of anilines is 1. The summed E-state index contributed by atoms with van der Waals surface area (Å²) >= 11 is 1.74. The molecule has 138 valence electrons. The quantitative estimate of drug-likeness (QED) is 0.520. The fourth-order valence-electron chi connectivity index (χ4n) is 2.97. The van der Waals surface area contributed by atoms with Crippen molar-refractivity contribution in [3.8, 4) is 17.0 Å². The van der Waals surface area contributed by atoms with Crippen molar-refractivity contribution in [1.29, 1.82) is 0 Å². The van der Waals surface area contributed by atoms with Crippen LogP contribution in [0.15, 0.2) is 30.5 Å². The number of aryl methyl sites for hydroxylation is 1. The van der Waals surface area contributed by atoms with Crippen LogP contribution in [-0.4, -0.2) is 53.1 Å². The maximum atomic E-state index is 11.7. The van der Waals surface area contributed by atoms with Gasteiger partial charge in [0.1, 0.15) is 12.4 Å². The van der Waals surface area contributed by atoms with Crippen molar-refractivity contribution in [2.75, 3.05) is 45.2 Å². The Kier molecular flexibility index (Phi) is 6.44. The van der Waals surface area contributed by atoms with E-state index >= 15 is 0 Å². The van der Waals surface area contributed by atoms with E-state index < -0.39 is 0 Å². The van der Waals surface area contributed by atoms with Crippen LogP contribution in [0.3, 0.4) is 0 Å². The fraction of sp³-hybridized carbons (Fsp3) is 0.368. The van der Waals surface area contributed by atoms with Crippen LogP contribution in [0.2, 0.25) is 0 Å². The first-order chi connectivity index (χ1) is 12.6. The highest BCUT2D eigenvalue weighted by molar-refractivity contribution is 14.1. The van der Waals surface area contributed by atoms with E-state index in [-0.39, 0.29) is 3.79 Å². The molecule has 1 aliphatic rings. The Labute approximate surface area is 166 Å². The monoisotopic (exact) mass is 467 g/mol. The average molecular weight is 467 g/mol. The number of carbonyl (C=O) groups excluding carboxylic acids is 1. The molecule has 26 heavy (non-hydrogen) atoms. The fourth-order valence-corrected chi connectivity index (χ4v) is 3.44. The molecule has 0 unspecified atom stereocenters. The third kappa shape index (κ3) is 4.52. The summed E-state index contributed by atoms with van der Waals surface area (Å²) in [6.07, 6.45) is 1.61. The molecule has 0 aliphatic carbocycles. The van der Waals surface area contributed by atoms with Gasteiger partial charge in [0.05, 0.1) is 30.2 Å². The second-order valence-electron chi connectivity index (χ2n) is 6.17. The van der Waals surface area contributed by atoms with Gasteiger partial charge >= 0.3 is 0 Å². The van der Waals surface area contributed by atoms with Crippen LogP contribution in [0, 0.1) is 6.92 Å². The van der Waals surface area contributed by atoms with Crippen molar-refractivity contribution in [1.82, 2.24) is 9.88 Å². The third-order valence-electron chi connectivity index (χ3n) is 4.43. The average Bonchev–Trinajstić information content (AvgIpc) is 2.63. The van der Waals surface area contributed by atoms with Crippen LogP contribution in [0.1, 0.15) is 15.9 Å². The Bertz CT molecular complexity index is 792. The second-order valence-corrected chi connectivity index (χ2v) is 7.15. The van der Waals surface area contributed by atoms with E-state index in [9.17, 15) is 4.79 Å². The van der Waals surface area contributed by atoms with E-state index in [1.165, 1.54) is 0 Å². The zero-order valence-corrected chi connectivity index (χ0v) is 16.9. The number of nitrogens with two attached hydrogens (primary N) is 1. The van der Waals surface area contributed by atoms with Gasteiger partial charge in [0.2, 0.25) is 3.79 Å². The van der Waals surface area contributed by atoms with Crippen molar-refractivity contribution in [3.05, 3.63) is 41.6 Å². The number of carbonyl (C=O) groups is 1. The highest BCUT2D eigenvalue weighted by Crippen LogP contribution is 2.31. The molecule has 0 atom stereocenters. The lowest BCUT2D eigenvalue weighted by atomic mass is 10.0. The van der Waals surface area contributed by atoms with Gasteiger partial charge in [-0.1, -0.05) is 0 Å². The lowest BCUT2D eigenvalue weighted by molar-refractivity contribution is 0.0322. The van der Waals surface area contributed by atoms with Gasteiger partial charge in [-0.25, -0.2) is 0 Å². The first kappa shape index (κ1) is 19.1. The Morgan fingerprint density at radius 3 is 2.81 bits per heavy atom. The summed E-state index contributed by atoms with van der Waals surface area (Å²) in [4.78, 5) is 18.4. The summed E-state index contributed by atoms with van der Waals surface area (Å²) in [7, 11) is 0. The van der Waals surface area contributed by atoms with E-state index in [0.29, 0.717) is 23.6 Å². The molecule has 1 aromatic carbocycles. The number of aromatic nitrogens is 1. The first-order valence-electron chi connectivity index (χ1n) is 8.54. The normalized spacial score (nSPS) is 15.0. The van der Waals surface area contributed by atoms with Gasteiger partial charge in [0.15, 0.2) is 0 Å². The zero-order chi connectivity index (χ0) is 18.5. The van der Waals surface area contributed by atoms with Crippen molar-refractivity contribution in [2.24, 2.45) is 0 Å². The predicted octanol–water partition coefficient (Wildman–Crippen LogP) is 2.93. The van der Waals surface area contributed by atoms with Crippen molar-refractivity contribution >= 4 is 32.1 Å². The van der Waals surface area contributed by atoms with E-state index in [1.807, 2.05) is 25.1 Å². The lowest BCUT2D eigenvalue weighted by Gasteiger charge is -2.26. The molecule has 3 rings (SSSR count). The number of ether oxygens (including phenoxy) is 2. The van der Waals surface area contributed by atoms with Crippen LogP contribution >= 0.6 is 22.6 Å². The zero-order valence-electron chi connectivity index (χ0n) is 14.7. The highest BCUT2D eigenvalue weighted by Gasteiger charge is 2.15. The molecule has 2 aromatic rings. The SMILES string of the molecule is Cc1cc(OCCN2CCOCC2)ccc1-c1nccc(C(=O)I)c1N. The third-order valence-corrected chi connectivity index (χ3v) is 5.02. The molecule has 0 bridgehead atoms. The van der Waals surface area contributed by atoms with E-state index in [0.717, 1.165) is 49.7 Å². The van der Waals surface area contributed by atoms with Gasteiger partial charge in [-0.3, -0.25) is 14.7 Å². The number of nitrogens with zero attached hydrogens (tertiary/aromatic N) is 2. The van der Waals surface area contributed by atoms with E-state index in [4.69, 9.17) is 15.2 Å². The maximum absolute atomic E-state index is 11.7.